The van der Waals surface area contributed by atoms with Crippen LogP contribution in [0, 0.1) is 28.6 Å². The summed E-state index contributed by atoms with van der Waals surface area (Å²) in [5.74, 6) is -0.372. The summed E-state index contributed by atoms with van der Waals surface area (Å²) in [6.45, 7) is 4.15. The Morgan fingerprint density at radius 1 is 1.08 bits per heavy atom. The standard InChI is InChI=1S/C29H43NO9/c1-16-25(33)22(31)12-24(38-16)39-18-3-8-27(15-30-36)20-4-7-26(2)19(17-11-23(32)37-14-17)6-10-29(26,35)21(20)5-9-28(27,34)13-18/h11,15-16,18-22,24-25,31,33-36H,3-10,12-14H2,1-2H3/b30-15+/t16-,18+,19-,20+,21-,22-,24+,25-,26-,27+,28+,29+/m1/s1. The zero-order chi connectivity index (χ0) is 27.8. The smallest absolute Gasteiger partial charge is 0.331 e. The Kier molecular flexibility index (Phi) is 6.72. The van der Waals surface area contributed by atoms with Crippen molar-refractivity contribution in [1.29, 1.82) is 0 Å². The summed E-state index contributed by atoms with van der Waals surface area (Å²) >= 11 is 0. The Labute approximate surface area is 229 Å². The zero-order valence-corrected chi connectivity index (χ0v) is 22.9. The molecule has 2 heterocycles. The van der Waals surface area contributed by atoms with Crippen LogP contribution in [0.3, 0.4) is 0 Å². The minimum absolute atomic E-state index is 0.0664. The van der Waals surface area contributed by atoms with E-state index in [0.717, 1.165) is 24.8 Å². The molecule has 10 heteroatoms. The van der Waals surface area contributed by atoms with Crippen molar-refractivity contribution in [3.05, 3.63) is 11.6 Å². The first-order valence-electron chi connectivity index (χ1n) is 14.6. The van der Waals surface area contributed by atoms with Crippen LogP contribution >= 0.6 is 0 Å². The van der Waals surface area contributed by atoms with Gasteiger partial charge >= 0.3 is 5.97 Å². The van der Waals surface area contributed by atoms with Gasteiger partial charge in [-0.2, -0.15) is 0 Å². The number of hydrogen-bond acceptors (Lipinski definition) is 10. The van der Waals surface area contributed by atoms with E-state index in [0.29, 0.717) is 45.1 Å². The molecule has 2 aliphatic heterocycles. The van der Waals surface area contributed by atoms with Crippen molar-refractivity contribution in [1.82, 2.24) is 0 Å². The van der Waals surface area contributed by atoms with E-state index >= 15 is 0 Å². The molecule has 0 amide bonds. The number of carbonyl (C=O) groups excluding carboxylic acids is 1. The van der Waals surface area contributed by atoms with Gasteiger partial charge in [-0.05, 0) is 81.6 Å². The molecule has 0 bridgehead atoms. The number of cyclic esters (lactones) is 1. The van der Waals surface area contributed by atoms with E-state index in [4.69, 9.17) is 14.2 Å². The molecule has 1 saturated heterocycles. The fourth-order valence-corrected chi connectivity index (χ4v) is 9.89. The molecule has 6 aliphatic rings. The Morgan fingerprint density at radius 2 is 1.85 bits per heavy atom. The summed E-state index contributed by atoms with van der Waals surface area (Å²) in [6, 6.07) is 0. The van der Waals surface area contributed by atoms with Crippen LogP contribution in [-0.2, 0) is 19.0 Å². The molecule has 5 fully saturated rings. The van der Waals surface area contributed by atoms with Crippen LogP contribution in [-0.4, -0.2) is 86.3 Å². The summed E-state index contributed by atoms with van der Waals surface area (Å²) < 4.78 is 17.2. The average Bonchev–Trinajstić information content (AvgIpc) is 3.42. The van der Waals surface area contributed by atoms with Crippen LogP contribution in [0.1, 0.15) is 78.1 Å². The molecule has 6 rings (SSSR count). The molecule has 0 aromatic rings. The lowest BCUT2D eigenvalue weighted by Gasteiger charge is -2.65. The van der Waals surface area contributed by atoms with Crippen molar-refractivity contribution in [3.63, 3.8) is 0 Å². The summed E-state index contributed by atoms with van der Waals surface area (Å²) in [5, 5.41) is 58.2. The van der Waals surface area contributed by atoms with Gasteiger partial charge in [-0.3, -0.25) is 0 Å². The first-order chi connectivity index (χ1) is 18.5. The lowest BCUT2D eigenvalue weighted by Crippen LogP contribution is -2.69. The molecular weight excluding hydrogens is 506 g/mol. The van der Waals surface area contributed by atoms with E-state index in [2.05, 4.69) is 12.1 Å². The molecule has 4 aliphatic carbocycles. The van der Waals surface area contributed by atoms with E-state index < -0.39 is 46.6 Å². The van der Waals surface area contributed by atoms with Crippen molar-refractivity contribution >= 4 is 12.2 Å². The van der Waals surface area contributed by atoms with Gasteiger partial charge in [0.05, 0.1) is 35.7 Å². The first kappa shape index (κ1) is 27.6. The average molecular weight is 550 g/mol. The molecule has 0 radical (unpaired) electrons. The Balaban J connectivity index is 1.24. The molecule has 39 heavy (non-hydrogen) atoms. The third-order valence-electron chi connectivity index (χ3n) is 11.9. The number of nitrogens with zero attached hydrogens (tertiary/aromatic N) is 1. The number of aliphatic hydroxyl groups is 4. The maximum atomic E-state index is 12.4. The number of rotatable bonds is 4. The van der Waals surface area contributed by atoms with E-state index in [9.17, 15) is 30.4 Å². The van der Waals surface area contributed by atoms with E-state index in [1.54, 1.807) is 13.0 Å². The molecule has 0 spiro atoms. The van der Waals surface area contributed by atoms with Crippen LogP contribution < -0.4 is 0 Å². The lowest BCUT2D eigenvalue weighted by atomic mass is 9.41. The topological polar surface area (TPSA) is 158 Å². The molecule has 4 saturated carbocycles. The summed E-state index contributed by atoms with van der Waals surface area (Å²) in [4.78, 5) is 11.8. The second kappa shape index (κ2) is 9.49. The normalized spacial score (nSPS) is 53.6. The summed E-state index contributed by atoms with van der Waals surface area (Å²) in [6.07, 6.45) is 5.36. The highest BCUT2D eigenvalue weighted by atomic mass is 16.7. The van der Waals surface area contributed by atoms with Crippen molar-refractivity contribution < 1.29 is 44.6 Å². The second-order valence-corrected chi connectivity index (χ2v) is 13.4. The van der Waals surface area contributed by atoms with E-state index in [1.807, 2.05) is 0 Å². The van der Waals surface area contributed by atoms with Gasteiger partial charge in [-0.15, -0.1) is 5.16 Å². The zero-order valence-electron chi connectivity index (χ0n) is 22.9. The largest absolute Gasteiger partial charge is 0.458 e. The predicted octanol–water partition coefficient (Wildman–Crippen LogP) is 2.04. The van der Waals surface area contributed by atoms with E-state index in [-0.39, 0.29) is 36.2 Å². The summed E-state index contributed by atoms with van der Waals surface area (Å²) in [7, 11) is 0. The van der Waals surface area contributed by atoms with Gasteiger partial charge in [0.15, 0.2) is 6.29 Å². The highest BCUT2D eigenvalue weighted by Gasteiger charge is 2.71. The number of carbonyl (C=O) groups is 1. The lowest BCUT2D eigenvalue weighted by molar-refractivity contribution is -0.282. The molecule has 5 N–H and O–H groups in total. The van der Waals surface area contributed by atoms with Gasteiger partial charge in [-0.25, -0.2) is 4.79 Å². The van der Waals surface area contributed by atoms with Gasteiger partial charge in [0, 0.05) is 29.7 Å². The fourth-order valence-electron chi connectivity index (χ4n) is 9.89. The third kappa shape index (κ3) is 3.96. The minimum Gasteiger partial charge on any atom is -0.458 e. The van der Waals surface area contributed by atoms with Gasteiger partial charge < -0.3 is 39.8 Å². The predicted molar refractivity (Wildman–Crippen MR) is 138 cm³/mol. The van der Waals surface area contributed by atoms with Crippen molar-refractivity contribution in [2.75, 3.05) is 6.61 Å². The number of esters is 1. The maximum Gasteiger partial charge on any atom is 0.331 e. The molecular formula is C29H43NO9. The summed E-state index contributed by atoms with van der Waals surface area (Å²) in [5.41, 5.74) is -2.37. The van der Waals surface area contributed by atoms with E-state index in [1.165, 1.54) is 6.21 Å². The number of ether oxygens (including phenoxy) is 3. The van der Waals surface area contributed by atoms with Crippen LogP contribution in [0.4, 0.5) is 0 Å². The Hall–Kier alpha value is -1.56. The quantitative estimate of drug-likeness (QED) is 0.116. The monoisotopic (exact) mass is 549 g/mol. The highest BCUT2D eigenvalue weighted by Crippen LogP contribution is 2.70. The molecule has 218 valence electrons. The fraction of sp³-hybridized carbons (Fsp3) is 0.862. The third-order valence-corrected chi connectivity index (χ3v) is 11.9. The van der Waals surface area contributed by atoms with Gasteiger partial charge in [0.1, 0.15) is 12.7 Å². The number of fused-ring (bicyclic) bond motifs is 5. The second-order valence-electron chi connectivity index (χ2n) is 13.4. The number of aliphatic hydroxyl groups excluding tert-OH is 2. The maximum absolute atomic E-state index is 12.4. The van der Waals surface area contributed by atoms with Crippen molar-refractivity contribution in [2.45, 2.75) is 120 Å². The SMILES string of the molecule is C[C@H]1O[C@@H](O[C@H]2CC[C@]3(/C=N/O)[C@H]4CC[C@]5(C)[C@@H](C6=CC(=O)OC6)CC[C@]5(O)[C@@H]4CC[C@]3(O)C2)C[C@@H](O)[C@@H]1O. The number of oxime groups is 1. The van der Waals surface area contributed by atoms with Crippen LogP contribution in [0.15, 0.2) is 16.8 Å². The molecule has 0 unspecified atom stereocenters. The Morgan fingerprint density at radius 3 is 2.54 bits per heavy atom. The molecule has 12 atom stereocenters. The molecule has 0 aromatic heterocycles. The highest BCUT2D eigenvalue weighted by molar-refractivity contribution is 5.85. The van der Waals surface area contributed by atoms with Crippen molar-refractivity contribution in [2.24, 2.45) is 33.7 Å². The Bertz CT molecular complexity index is 1040. The molecule has 0 aromatic carbocycles. The van der Waals surface area contributed by atoms with Crippen LogP contribution in [0.25, 0.3) is 0 Å². The van der Waals surface area contributed by atoms with Gasteiger partial charge in [0.2, 0.25) is 0 Å². The van der Waals surface area contributed by atoms with Crippen LogP contribution in [0.5, 0.6) is 0 Å². The van der Waals surface area contributed by atoms with Crippen molar-refractivity contribution in [3.8, 4) is 0 Å². The van der Waals surface area contributed by atoms with Gasteiger partial charge in [-0.1, -0.05) is 6.92 Å². The first-order valence-corrected chi connectivity index (χ1v) is 14.6. The van der Waals surface area contributed by atoms with Crippen LogP contribution in [0.2, 0.25) is 0 Å². The number of hydrogen-bond donors (Lipinski definition) is 5. The molecule has 10 nitrogen and oxygen atoms in total. The minimum atomic E-state index is -1.18. The van der Waals surface area contributed by atoms with Gasteiger partial charge in [0.25, 0.3) is 0 Å².